The second-order valence-electron chi connectivity index (χ2n) is 2.87. The maximum absolute atomic E-state index is 12.5. The number of rotatable bonds is 2. The molecular weight excluding hydrogens is 247 g/mol. The van der Waals surface area contributed by atoms with E-state index in [1.807, 2.05) is 0 Å². The minimum atomic E-state index is -5.16. The molecule has 1 aromatic heterocycles. The SMILES string of the molecule is N#Cc1cnc(C=O)c(C(F)F)c1C(F)(F)F. The van der Waals surface area contributed by atoms with Crippen molar-refractivity contribution in [1.82, 2.24) is 4.98 Å². The number of nitrogens with zero attached hydrogens (tertiary/aromatic N) is 2. The van der Waals surface area contributed by atoms with Gasteiger partial charge in [0.1, 0.15) is 11.8 Å². The maximum Gasteiger partial charge on any atom is 0.418 e. The maximum atomic E-state index is 12.5. The molecule has 8 heteroatoms. The van der Waals surface area contributed by atoms with Crippen LogP contribution in [0, 0.1) is 11.3 Å². The van der Waals surface area contributed by atoms with Gasteiger partial charge >= 0.3 is 6.18 Å². The molecule has 3 nitrogen and oxygen atoms in total. The van der Waals surface area contributed by atoms with Gasteiger partial charge in [-0.3, -0.25) is 9.78 Å². The van der Waals surface area contributed by atoms with E-state index in [2.05, 4.69) is 4.98 Å². The number of aromatic nitrogens is 1. The van der Waals surface area contributed by atoms with Gasteiger partial charge in [0.25, 0.3) is 6.43 Å². The van der Waals surface area contributed by atoms with E-state index in [1.165, 1.54) is 0 Å². The first-order chi connectivity index (χ1) is 7.82. The lowest BCUT2D eigenvalue weighted by Gasteiger charge is -2.14. The Bertz CT molecular complexity index is 489. The van der Waals surface area contributed by atoms with E-state index in [4.69, 9.17) is 5.26 Å². The Kier molecular flexibility index (Phi) is 3.41. The molecule has 1 heterocycles. The van der Waals surface area contributed by atoms with E-state index >= 15 is 0 Å². The first-order valence-corrected chi connectivity index (χ1v) is 4.06. The van der Waals surface area contributed by atoms with Gasteiger partial charge < -0.3 is 0 Å². The Hall–Kier alpha value is -2.04. The van der Waals surface area contributed by atoms with Gasteiger partial charge in [0.2, 0.25) is 0 Å². The smallest absolute Gasteiger partial charge is 0.296 e. The van der Waals surface area contributed by atoms with E-state index in [1.54, 1.807) is 0 Å². The van der Waals surface area contributed by atoms with Crippen molar-refractivity contribution in [3.8, 4) is 6.07 Å². The van der Waals surface area contributed by atoms with Crippen molar-refractivity contribution >= 4 is 6.29 Å². The minimum absolute atomic E-state index is 0.210. The van der Waals surface area contributed by atoms with Gasteiger partial charge in [-0.15, -0.1) is 0 Å². The van der Waals surface area contributed by atoms with Crippen LogP contribution in [0.5, 0.6) is 0 Å². The van der Waals surface area contributed by atoms with Gasteiger partial charge in [-0.2, -0.15) is 18.4 Å². The van der Waals surface area contributed by atoms with Crippen molar-refractivity contribution in [2.24, 2.45) is 0 Å². The fourth-order valence-corrected chi connectivity index (χ4v) is 1.25. The largest absolute Gasteiger partial charge is 0.418 e. The first-order valence-electron chi connectivity index (χ1n) is 4.06. The van der Waals surface area contributed by atoms with Crippen LogP contribution in [0.15, 0.2) is 6.20 Å². The van der Waals surface area contributed by atoms with Crippen LogP contribution >= 0.6 is 0 Å². The number of aldehydes is 1. The second kappa shape index (κ2) is 4.45. The number of carbonyl (C=O) groups is 1. The van der Waals surface area contributed by atoms with Crippen LogP contribution < -0.4 is 0 Å². The fraction of sp³-hybridized carbons (Fsp3) is 0.222. The molecule has 0 atom stereocenters. The Labute approximate surface area is 91.5 Å². The molecule has 0 amide bonds. The van der Waals surface area contributed by atoms with Gasteiger partial charge in [-0.25, -0.2) is 8.78 Å². The highest BCUT2D eigenvalue weighted by Gasteiger charge is 2.40. The van der Waals surface area contributed by atoms with Gasteiger partial charge in [0, 0.05) is 6.20 Å². The van der Waals surface area contributed by atoms with E-state index in [0.717, 1.165) is 6.07 Å². The normalized spacial score (nSPS) is 11.4. The summed E-state index contributed by atoms with van der Waals surface area (Å²) < 4.78 is 62.7. The molecular formula is C9H3F5N2O. The molecule has 0 unspecified atom stereocenters. The topological polar surface area (TPSA) is 53.8 Å². The van der Waals surface area contributed by atoms with Crippen LogP contribution in [0.2, 0.25) is 0 Å². The lowest BCUT2D eigenvalue weighted by molar-refractivity contribution is -0.139. The van der Waals surface area contributed by atoms with Crippen molar-refractivity contribution in [1.29, 1.82) is 5.26 Å². The predicted molar refractivity (Wildman–Crippen MR) is 44.3 cm³/mol. The standard InChI is InChI=1S/C9H3F5N2O/c10-8(11)6-5(3-17)16-2-4(1-15)7(6)9(12,13)14/h2-3,8H. The number of alkyl halides is 5. The van der Waals surface area contributed by atoms with E-state index in [-0.39, 0.29) is 6.29 Å². The van der Waals surface area contributed by atoms with Gasteiger partial charge in [0.05, 0.1) is 16.7 Å². The second-order valence-corrected chi connectivity index (χ2v) is 2.87. The Balaban J connectivity index is 3.72. The molecule has 90 valence electrons. The molecule has 0 N–H and O–H groups in total. The average molecular weight is 250 g/mol. The molecule has 0 aliphatic carbocycles. The van der Waals surface area contributed by atoms with E-state index in [0.29, 0.717) is 6.20 Å². The number of nitriles is 1. The third-order valence-corrected chi connectivity index (χ3v) is 1.88. The predicted octanol–water partition coefficient (Wildman–Crippen LogP) is 2.72. The van der Waals surface area contributed by atoms with Crippen LogP contribution in [0.25, 0.3) is 0 Å². The first kappa shape index (κ1) is 13.0. The zero-order valence-corrected chi connectivity index (χ0v) is 7.92. The van der Waals surface area contributed by atoms with Gasteiger partial charge in [-0.1, -0.05) is 0 Å². The summed E-state index contributed by atoms with van der Waals surface area (Å²) in [7, 11) is 0. The summed E-state index contributed by atoms with van der Waals surface area (Å²) in [4.78, 5) is 13.5. The molecule has 0 spiro atoms. The fourth-order valence-electron chi connectivity index (χ4n) is 1.25. The van der Waals surface area contributed by atoms with Crippen LogP contribution in [0.1, 0.15) is 33.6 Å². The van der Waals surface area contributed by atoms with Crippen molar-refractivity contribution < 1.29 is 26.7 Å². The number of hydrogen-bond acceptors (Lipinski definition) is 3. The highest BCUT2D eigenvalue weighted by Crippen LogP contribution is 2.39. The van der Waals surface area contributed by atoms with Crippen LogP contribution in [-0.4, -0.2) is 11.3 Å². The molecule has 0 aliphatic heterocycles. The summed E-state index contributed by atoms with van der Waals surface area (Å²) in [6.07, 6.45) is -8.47. The summed E-state index contributed by atoms with van der Waals surface area (Å²) in [6.45, 7) is 0. The zero-order chi connectivity index (χ0) is 13.2. The van der Waals surface area contributed by atoms with Crippen LogP contribution in [0.3, 0.4) is 0 Å². The lowest BCUT2D eigenvalue weighted by Crippen LogP contribution is -2.15. The van der Waals surface area contributed by atoms with Crippen molar-refractivity contribution in [3.63, 3.8) is 0 Å². The third kappa shape index (κ3) is 2.38. The quantitative estimate of drug-likeness (QED) is 0.599. The molecule has 0 saturated heterocycles. The summed E-state index contributed by atoms with van der Waals surface area (Å²) >= 11 is 0. The summed E-state index contributed by atoms with van der Waals surface area (Å²) in [6, 6.07) is 1.12. The Morgan fingerprint density at radius 3 is 2.35 bits per heavy atom. The molecule has 0 saturated carbocycles. The molecule has 17 heavy (non-hydrogen) atoms. The molecule has 0 radical (unpaired) electrons. The zero-order valence-electron chi connectivity index (χ0n) is 7.92. The summed E-state index contributed by atoms with van der Waals surface area (Å²) in [5, 5.41) is 8.43. The van der Waals surface area contributed by atoms with Crippen LogP contribution in [0.4, 0.5) is 22.0 Å². The highest BCUT2D eigenvalue weighted by atomic mass is 19.4. The minimum Gasteiger partial charge on any atom is -0.296 e. The Morgan fingerprint density at radius 2 is 2.00 bits per heavy atom. The van der Waals surface area contributed by atoms with Gasteiger partial charge in [-0.05, 0) is 0 Å². The van der Waals surface area contributed by atoms with Crippen molar-refractivity contribution in [3.05, 3.63) is 28.6 Å². The van der Waals surface area contributed by atoms with E-state index < -0.39 is 35.0 Å². The highest BCUT2D eigenvalue weighted by molar-refractivity contribution is 5.76. The number of hydrogen-bond donors (Lipinski definition) is 0. The molecule has 0 aromatic carbocycles. The average Bonchev–Trinajstić information content (AvgIpc) is 2.25. The number of halogens is 5. The monoisotopic (exact) mass is 250 g/mol. The molecule has 1 rings (SSSR count). The third-order valence-electron chi connectivity index (χ3n) is 1.88. The van der Waals surface area contributed by atoms with Crippen molar-refractivity contribution in [2.75, 3.05) is 0 Å². The Morgan fingerprint density at radius 1 is 1.41 bits per heavy atom. The van der Waals surface area contributed by atoms with Crippen LogP contribution in [-0.2, 0) is 6.18 Å². The number of pyridine rings is 1. The lowest BCUT2D eigenvalue weighted by atomic mass is 10.0. The number of carbonyl (C=O) groups excluding carboxylic acids is 1. The molecule has 1 aromatic rings. The molecule has 0 fully saturated rings. The summed E-state index contributed by atoms with van der Waals surface area (Å²) in [5.74, 6) is 0. The molecule has 0 bridgehead atoms. The van der Waals surface area contributed by atoms with E-state index in [9.17, 15) is 26.7 Å². The van der Waals surface area contributed by atoms with Crippen molar-refractivity contribution in [2.45, 2.75) is 12.6 Å². The summed E-state index contributed by atoms with van der Waals surface area (Å²) in [5.41, 5.74) is -5.44. The van der Waals surface area contributed by atoms with Gasteiger partial charge in [0.15, 0.2) is 6.29 Å². The molecule has 0 aliphatic rings.